The van der Waals surface area contributed by atoms with Gasteiger partial charge in [0.05, 0.1) is 29.8 Å². The maximum atomic E-state index is 13.5. The van der Waals surface area contributed by atoms with Crippen LogP contribution >= 0.6 is 0 Å². The minimum atomic E-state index is -0.319. The molecule has 0 saturated heterocycles. The van der Waals surface area contributed by atoms with Crippen molar-refractivity contribution in [1.82, 2.24) is 24.5 Å². The molecule has 5 aromatic rings. The van der Waals surface area contributed by atoms with E-state index < -0.39 is 0 Å². The Kier molecular flexibility index (Phi) is 5.88. The van der Waals surface area contributed by atoms with E-state index in [9.17, 15) is 9.59 Å². The summed E-state index contributed by atoms with van der Waals surface area (Å²) in [5.74, 6) is 0.657. The molecule has 0 aliphatic carbocycles. The first-order valence-electron chi connectivity index (χ1n) is 11.1. The van der Waals surface area contributed by atoms with Crippen molar-refractivity contribution in [2.45, 2.75) is 20.4 Å². The molecule has 0 saturated carbocycles. The van der Waals surface area contributed by atoms with Gasteiger partial charge in [-0.3, -0.25) is 14.0 Å². The van der Waals surface area contributed by atoms with Crippen LogP contribution in [0.25, 0.3) is 22.6 Å². The standard InChI is InChI=1S/C26H23N5O4/c1-17-14-21(29-31(17)19-8-4-3-5-9-19)24-18(2)28-25-22(11-6-12-30(25)26(24)33)35-16-23(32)27-15-20-10-7-13-34-20/h3-14H,15-16H2,1-2H3,(H,27,32). The summed E-state index contributed by atoms with van der Waals surface area (Å²) in [5.41, 5.74) is 3.34. The fourth-order valence-electron chi connectivity index (χ4n) is 3.87. The SMILES string of the molecule is Cc1nc2c(OCC(=O)NCc3ccco3)cccn2c(=O)c1-c1cc(C)n(-c2ccccc2)n1. The van der Waals surface area contributed by atoms with E-state index in [-0.39, 0.29) is 24.6 Å². The van der Waals surface area contributed by atoms with Gasteiger partial charge in [-0.2, -0.15) is 5.10 Å². The van der Waals surface area contributed by atoms with Crippen molar-refractivity contribution in [3.05, 3.63) is 101 Å². The molecule has 176 valence electrons. The Morgan fingerprint density at radius 2 is 1.91 bits per heavy atom. The fourth-order valence-corrected chi connectivity index (χ4v) is 3.87. The van der Waals surface area contributed by atoms with Crippen LogP contribution in [0.15, 0.2) is 82.3 Å². The van der Waals surface area contributed by atoms with Crippen LogP contribution < -0.4 is 15.6 Å². The molecular weight excluding hydrogens is 446 g/mol. The molecule has 4 heterocycles. The summed E-state index contributed by atoms with van der Waals surface area (Å²) in [7, 11) is 0. The maximum Gasteiger partial charge on any atom is 0.267 e. The van der Waals surface area contributed by atoms with Gasteiger partial charge < -0.3 is 14.5 Å². The van der Waals surface area contributed by atoms with Gasteiger partial charge in [-0.05, 0) is 56.3 Å². The quantitative estimate of drug-likeness (QED) is 0.392. The zero-order valence-corrected chi connectivity index (χ0v) is 19.3. The van der Waals surface area contributed by atoms with Gasteiger partial charge in [0.1, 0.15) is 11.5 Å². The number of rotatable bonds is 7. The van der Waals surface area contributed by atoms with Gasteiger partial charge in [-0.15, -0.1) is 0 Å². The van der Waals surface area contributed by atoms with E-state index in [1.54, 1.807) is 48.3 Å². The van der Waals surface area contributed by atoms with Crippen LogP contribution in [0.5, 0.6) is 5.75 Å². The number of carbonyl (C=O) groups excluding carboxylic acids is 1. The molecule has 0 bridgehead atoms. The van der Waals surface area contributed by atoms with Gasteiger partial charge >= 0.3 is 0 Å². The number of nitrogens with one attached hydrogen (secondary N) is 1. The number of aromatic nitrogens is 4. The van der Waals surface area contributed by atoms with Crippen LogP contribution in [0.3, 0.4) is 0 Å². The van der Waals surface area contributed by atoms with E-state index in [4.69, 9.17) is 9.15 Å². The Morgan fingerprint density at radius 3 is 2.69 bits per heavy atom. The molecule has 0 fully saturated rings. The molecule has 0 atom stereocenters. The number of nitrogens with zero attached hydrogens (tertiary/aromatic N) is 4. The summed E-state index contributed by atoms with van der Waals surface area (Å²) in [6, 6.07) is 18.5. The summed E-state index contributed by atoms with van der Waals surface area (Å²) in [4.78, 5) is 30.3. The number of hydrogen-bond acceptors (Lipinski definition) is 6. The highest BCUT2D eigenvalue weighted by Gasteiger charge is 2.18. The van der Waals surface area contributed by atoms with Crippen LogP contribution in [-0.2, 0) is 11.3 Å². The second kappa shape index (κ2) is 9.30. The number of furan rings is 1. The van der Waals surface area contributed by atoms with E-state index >= 15 is 0 Å². The molecule has 0 aliphatic heterocycles. The molecule has 5 rings (SSSR count). The molecule has 9 nitrogen and oxygen atoms in total. The molecule has 1 amide bonds. The number of fused-ring (bicyclic) bond motifs is 1. The average Bonchev–Trinajstić information content (AvgIpc) is 3.52. The number of carbonyl (C=O) groups is 1. The average molecular weight is 470 g/mol. The van der Waals surface area contributed by atoms with Crippen molar-refractivity contribution < 1.29 is 13.9 Å². The van der Waals surface area contributed by atoms with E-state index in [0.717, 1.165) is 11.4 Å². The predicted octanol–water partition coefficient (Wildman–Crippen LogP) is 3.45. The number of amides is 1. The van der Waals surface area contributed by atoms with Gasteiger partial charge in [0.2, 0.25) is 0 Å². The smallest absolute Gasteiger partial charge is 0.267 e. The zero-order chi connectivity index (χ0) is 24.4. The molecule has 9 heteroatoms. The molecule has 0 unspecified atom stereocenters. The van der Waals surface area contributed by atoms with Crippen molar-refractivity contribution in [2.75, 3.05) is 6.61 Å². The lowest BCUT2D eigenvalue weighted by atomic mass is 10.1. The number of para-hydroxylation sites is 1. The largest absolute Gasteiger partial charge is 0.480 e. The highest BCUT2D eigenvalue weighted by Crippen LogP contribution is 2.24. The van der Waals surface area contributed by atoms with Crippen LogP contribution in [0.1, 0.15) is 17.1 Å². The van der Waals surface area contributed by atoms with E-state index in [1.165, 1.54) is 4.40 Å². The number of hydrogen-bond donors (Lipinski definition) is 1. The highest BCUT2D eigenvalue weighted by molar-refractivity contribution is 5.77. The molecule has 1 N–H and O–H groups in total. The Bertz CT molecular complexity index is 1550. The fraction of sp³-hybridized carbons (Fsp3) is 0.154. The second-order valence-corrected chi connectivity index (χ2v) is 8.01. The normalized spacial score (nSPS) is 11.0. The summed E-state index contributed by atoms with van der Waals surface area (Å²) in [6.45, 7) is 3.74. The molecule has 0 radical (unpaired) electrons. The van der Waals surface area contributed by atoms with Crippen LogP contribution in [0.4, 0.5) is 0 Å². The second-order valence-electron chi connectivity index (χ2n) is 8.01. The predicted molar refractivity (Wildman–Crippen MR) is 130 cm³/mol. The molecular formula is C26H23N5O4. The monoisotopic (exact) mass is 469 g/mol. The lowest BCUT2D eigenvalue weighted by Gasteiger charge is -2.11. The van der Waals surface area contributed by atoms with E-state index in [1.807, 2.05) is 43.3 Å². The first kappa shape index (κ1) is 22.1. The van der Waals surface area contributed by atoms with Gasteiger partial charge in [0.25, 0.3) is 11.5 Å². The van der Waals surface area contributed by atoms with Crippen LogP contribution in [-0.4, -0.2) is 31.7 Å². The van der Waals surface area contributed by atoms with Crippen molar-refractivity contribution >= 4 is 11.6 Å². The lowest BCUT2D eigenvalue weighted by molar-refractivity contribution is -0.123. The molecule has 4 aromatic heterocycles. The van der Waals surface area contributed by atoms with Gasteiger partial charge in [0, 0.05) is 11.9 Å². The van der Waals surface area contributed by atoms with Crippen molar-refractivity contribution in [3.8, 4) is 22.7 Å². The first-order chi connectivity index (χ1) is 17.0. The van der Waals surface area contributed by atoms with Gasteiger partial charge in [-0.1, -0.05) is 18.2 Å². The summed E-state index contributed by atoms with van der Waals surface area (Å²) >= 11 is 0. The molecule has 0 spiro atoms. The van der Waals surface area contributed by atoms with Crippen molar-refractivity contribution in [2.24, 2.45) is 0 Å². The number of benzene rings is 1. The zero-order valence-electron chi connectivity index (χ0n) is 19.3. The van der Waals surface area contributed by atoms with Crippen molar-refractivity contribution in [3.63, 3.8) is 0 Å². The molecule has 0 aliphatic rings. The van der Waals surface area contributed by atoms with E-state index in [2.05, 4.69) is 15.4 Å². The number of aryl methyl sites for hydroxylation is 2. The first-order valence-corrected chi connectivity index (χ1v) is 11.1. The Hall–Kier alpha value is -4.66. The van der Waals surface area contributed by atoms with Crippen molar-refractivity contribution in [1.29, 1.82) is 0 Å². The highest BCUT2D eigenvalue weighted by atomic mass is 16.5. The third-order valence-electron chi connectivity index (χ3n) is 5.54. The molecule has 35 heavy (non-hydrogen) atoms. The Balaban J connectivity index is 1.43. The topological polar surface area (TPSA) is 104 Å². The minimum absolute atomic E-state index is 0.224. The van der Waals surface area contributed by atoms with Gasteiger partial charge in [-0.25, -0.2) is 9.67 Å². The van der Waals surface area contributed by atoms with Gasteiger partial charge in [0.15, 0.2) is 18.0 Å². The molecule has 1 aromatic carbocycles. The lowest BCUT2D eigenvalue weighted by Crippen LogP contribution is -2.28. The maximum absolute atomic E-state index is 13.5. The summed E-state index contributed by atoms with van der Waals surface area (Å²) < 4.78 is 14.1. The Labute approximate surface area is 200 Å². The third-order valence-corrected chi connectivity index (χ3v) is 5.54. The van der Waals surface area contributed by atoms with Crippen LogP contribution in [0, 0.1) is 13.8 Å². The summed E-state index contributed by atoms with van der Waals surface area (Å²) in [6.07, 6.45) is 3.17. The third kappa shape index (κ3) is 4.43. The number of ether oxygens (including phenoxy) is 1. The minimum Gasteiger partial charge on any atom is -0.480 e. The Morgan fingerprint density at radius 1 is 1.09 bits per heavy atom. The number of pyridine rings is 1. The van der Waals surface area contributed by atoms with Crippen LogP contribution in [0.2, 0.25) is 0 Å². The summed E-state index contributed by atoms with van der Waals surface area (Å²) in [5, 5.41) is 7.39. The van der Waals surface area contributed by atoms with E-state index in [0.29, 0.717) is 34.1 Å².